The van der Waals surface area contributed by atoms with E-state index in [2.05, 4.69) is 63.1 Å². The molecule has 0 aliphatic heterocycles. The summed E-state index contributed by atoms with van der Waals surface area (Å²) in [5.74, 6) is 2.48. The normalized spacial score (nSPS) is 11.7. The molecule has 31 heavy (non-hydrogen) atoms. The van der Waals surface area contributed by atoms with Crippen molar-refractivity contribution >= 4 is 0 Å². The molecule has 1 N–H and O–H groups in total. The minimum absolute atomic E-state index is 0.657. The van der Waals surface area contributed by atoms with Gasteiger partial charge in [-0.25, -0.2) is 14.8 Å². The molecule has 4 aromatic rings. The fourth-order valence-corrected chi connectivity index (χ4v) is 3.41. The van der Waals surface area contributed by atoms with Gasteiger partial charge in [0.25, 0.3) is 0 Å². The molecule has 0 aliphatic carbocycles. The summed E-state index contributed by atoms with van der Waals surface area (Å²) in [4.78, 5) is 4.71. The molecule has 0 bridgehead atoms. The van der Waals surface area contributed by atoms with E-state index >= 15 is 0 Å². The van der Waals surface area contributed by atoms with E-state index in [0.29, 0.717) is 12.4 Å². The number of benzene rings is 2. The van der Waals surface area contributed by atoms with E-state index in [1.54, 1.807) is 0 Å². The smallest absolute Gasteiger partial charge is 0.180 e. The van der Waals surface area contributed by atoms with Crippen LogP contribution < -0.4 is 0 Å². The lowest BCUT2D eigenvalue weighted by Gasteiger charge is -2.09. The molecule has 0 radical (unpaired) electrons. The van der Waals surface area contributed by atoms with E-state index in [-0.39, 0.29) is 0 Å². The molecular formula is C24H25N7. The topological polar surface area (TPSA) is 85.2 Å². The van der Waals surface area contributed by atoms with Crippen molar-refractivity contribution in [3.8, 4) is 22.5 Å². The lowest BCUT2D eigenvalue weighted by Crippen LogP contribution is -2.06. The van der Waals surface area contributed by atoms with Gasteiger partial charge in [-0.05, 0) is 41.0 Å². The van der Waals surface area contributed by atoms with Crippen molar-refractivity contribution in [2.75, 3.05) is 0 Å². The Morgan fingerprint density at radius 3 is 2.35 bits per heavy atom. The predicted molar refractivity (Wildman–Crippen MR) is 121 cm³/mol. The molecule has 7 nitrogen and oxygen atoms in total. The van der Waals surface area contributed by atoms with Crippen molar-refractivity contribution in [1.82, 2.24) is 35.4 Å². The van der Waals surface area contributed by atoms with E-state index in [1.165, 1.54) is 5.56 Å². The van der Waals surface area contributed by atoms with Crippen molar-refractivity contribution in [3.63, 3.8) is 0 Å². The lowest BCUT2D eigenvalue weighted by atomic mass is 9.98. The number of tetrazole rings is 1. The number of rotatable bonds is 8. The highest BCUT2D eigenvalue weighted by Gasteiger charge is 2.11. The van der Waals surface area contributed by atoms with Crippen LogP contribution in [0.5, 0.6) is 0 Å². The molecule has 0 saturated heterocycles. The van der Waals surface area contributed by atoms with Crippen molar-refractivity contribution in [2.24, 2.45) is 0 Å². The first kappa shape index (κ1) is 20.4. The van der Waals surface area contributed by atoms with Crippen molar-refractivity contribution in [2.45, 2.75) is 33.2 Å². The summed E-state index contributed by atoms with van der Waals surface area (Å²) in [5.41, 5.74) is 4.33. The van der Waals surface area contributed by atoms with Crippen molar-refractivity contribution in [3.05, 3.63) is 90.0 Å². The molecule has 0 aliphatic rings. The van der Waals surface area contributed by atoms with E-state index in [1.807, 2.05) is 48.9 Å². The summed E-state index contributed by atoms with van der Waals surface area (Å²) in [5, 5.41) is 19.0. The molecule has 2 aromatic heterocycles. The Morgan fingerprint density at radius 1 is 0.903 bits per heavy atom. The second-order valence-corrected chi connectivity index (χ2v) is 7.14. The molecule has 4 rings (SSSR count). The Bertz CT molecular complexity index is 1170. The molecule has 2 aromatic carbocycles. The van der Waals surface area contributed by atoms with Crippen LogP contribution in [0.2, 0.25) is 0 Å². The zero-order valence-electron chi connectivity index (χ0n) is 17.7. The molecule has 0 saturated carbocycles. The quantitative estimate of drug-likeness (QED) is 0.434. The standard InChI is InChI=1S/C24H25N7/c1-3-5-11-22-25-23(12-6-4-2)31(28-22)17-18-13-15-19(16-14-18)20-9-7-8-10-21(20)24-26-29-30-27-24/h3-10,13-16H,11-12,17H2,1-2H3,(H,26,27,29,30)/b5-3+,6-4+. The monoisotopic (exact) mass is 411 g/mol. The van der Waals surface area contributed by atoms with Crippen LogP contribution in [-0.2, 0) is 19.4 Å². The van der Waals surface area contributed by atoms with Gasteiger partial charge in [-0.15, -0.1) is 5.10 Å². The Kier molecular flexibility index (Phi) is 6.42. The van der Waals surface area contributed by atoms with E-state index < -0.39 is 0 Å². The molecule has 156 valence electrons. The Labute approximate surface area is 181 Å². The van der Waals surface area contributed by atoms with Crippen LogP contribution in [0.25, 0.3) is 22.5 Å². The summed E-state index contributed by atoms with van der Waals surface area (Å²) >= 11 is 0. The van der Waals surface area contributed by atoms with Gasteiger partial charge >= 0.3 is 0 Å². The summed E-state index contributed by atoms with van der Waals surface area (Å²) < 4.78 is 2.00. The fourth-order valence-electron chi connectivity index (χ4n) is 3.41. The first-order chi connectivity index (χ1) is 15.3. The van der Waals surface area contributed by atoms with Gasteiger partial charge in [0.15, 0.2) is 11.6 Å². The molecular weight excluding hydrogens is 386 g/mol. The van der Waals surface area contributed by atoms with Gasteiger partial charge in [0.2, 0.25) is 0 Å². The summed E-state index contributed by atoms with van der Waals surface area (Å²) in [6, 6.07) is 16.6. The lowest BCUT2D eigenvalue weighted by molar-refractivity contribution is 0.645. The second kappa shape index (κ2) is 9.75. The Hall–Kier alpha value is -3.87. The maximum atomic E-state index is 4.72. The molecule has 7 heteroatoms. The SMILES string of the molecule is C/C=C/Cc1nc(C/C=C/C)n(Cc2ccc(-c3ccccc3-c3nnn[nH]3)cc2)n1. The Balaban J connectivity index is 1.58. The van der Waals surface area contributed by atoms with Gasteiger partial charge in [-0.1, -0.05) is 72.8 Å². The maximum absolute atomic E-state index is 4.72. The van der Waals surface area contributed by atoms with E-state index in [9.17, 15) is 0 Å². The van der Waals surface area contributed by atoms with Gasteiger partial charge in [-0.3, -0.25) is 0 Å². The number of hydrogen-bond acceptors (Lipinski definition) is 5. The maximum Gasteiger partial charge on any atom is 0.180 e. The van der Waals surface area contributed by atoms with Crippen molar-refractivity contribution < 1.29 is 0 Å². The highest BCUT2D eigenvalue weighted by molar-refractivity contribution is 5.80. The van der Waals surface area contributed by atoms with Crippen LogP contribution in [0, 0.1) is 0 Å². The van der Waals surface area contributed by atoms with Crippen molar-refractivity contribution in [1.29, 1.82) is 0 Å². The highest BCUT2D eigenvalue weighted by atomic mass is 15.5. The van der Waals surface area contributed by atoms with Crippen LogP contribution in [0.3, 0.4) is 0 Å². The Morgan fingerprint density at radius 2 is 1.65 bits per heavy atom. The molecule has 0 atom stereocenters. The molecule has 0 fully saturated rings. The van der Waals surface area contributed by atoms with Crippen LogP contribution in [0.15, 0.2) is 72.8 Å². The molecule has 0 amide bonds. The number of allylic oxidation sites excluding steroid dienone is 4. The van der Waals surface area contributed by atoms with Gasteiger partial charge in [0.05, 0.1) is 6.54 Å². The summed E-state index contributed by atoms with van der Waals surface area (Å²) in [6.07, 6.45) is 9.78. The summed E-state index contributed by atoms with van der Waals surface area (Å²) in [7, 11) is 0. The van der Waals surface area contributed by atoms with Crippen LogP contribution in [-0.4, -0.2) is 35.4 Å². The van der Waals surface area contributed by atoms with E-state index in [0.717, 1.165) is 41.2 Å². The number of nitrogens with zero attached hydrogens (tertiary/aromatic N) is 6. The fraction of sp³-hybridized carbons (Fsp3) is 0.208. The van der Waals surface area contributed by atoms with Crippen LogP contribution in [0.1, 0.15) is 31.1 Å². The molecule has 0 unspecified atom stereocenters. The first-order valence-corrected chi connectivity index (χ1v) is 10.4. The third-order valence-electron chi connectivity index (χ3n) is 4.99. The number of nitrogens with one attached hydrogen (secondary N) is 1. The second-order valence-electron chi connectivity index (χ2n) is 7.14. The van der Waals surface area contributed by atoms with Gasteiger partial charge in [-0.2, -0.15) is 5.10 Å². The molecule has 0 spiro atoms. The number of hydrogen-bond donors (Lipinski definition) is 1. The third kappa shape index (κ3) is 4.83. The van der Waals surface area contributed by atoms with Crippen LogP contribution in [0.4, 0.5) is 0 Å². The zero-order valence-corrected chi connectivity index (χ0v) is 17.7. The van der Waals surface area contributed by atoms with Gasteiger partial charge < -0.3 is 0 Å². The average molecular weight is 412 g/mol. The zero-order chi connectivity index (χ0) is 21.5. The van der Waals surface area contributed by atoms with Gasteiger partial charge in [0, 0.05) is 18.4 Å². The predicted octanol–water partition coefficient (Wildman–Crippen LogP) is 4.41. The van der Waals surface area contributed by atoms with E-state index in [4.69, 9.17) is 10.1 Å². The number of aromatic nitrogens is 7. The highest BCUT2D eigenvalue weighted by Crippen LogP contribution is 2.29. The number of H-pyrrole nitrogens is 1. The molecule has 2 heterocycles. The average Bonchev–Trinajstić information content (AvgIpc) is 3.47. The minimum atomic E-state index is 0.657. The summed E-state index contributed by atoms with van der Waals surface area (Å²) in [6.45, 7) is 4.72. The first-order valence-electron chi connectivity index (χ1n) is 10.4. The van der Waals surface area contributed by atoms with Crippen LogP contribution >= 0.6 is 0 Å². The minimum Gasteiger partial charge on any atom is -0.245 e. The van der Waals surface area contributed by atoms with Gasteiger partial charge in [0.1, 0.15) is 5.82 Å². The largest absolute Gasteiger partial charge is 0.245 e. The third-order valence-corrected chi connectivity index (χ3v) is 4.99. The number of aromatic amines is 1.